The standard InChI is InChI=1S/C19H46N6/c1-5-13-24(7-3)17-12-22-10-9-21-11-16-23(4)18-19-25(14-6-2)15-8-20/h21-22H,5-20H2,1-4H3. The minimum atomic E-state index is 0.757. The Balaban J connectivity index is 3.49. The molecular weight excluding hydrogens is 312 g/mol. The summed E-state index contributed by atoms with van der Waals surface area (Å²) >= 11 is 0. The van der Waals surface area contributed by atoms with E-state index in [2.05, 4.69) is 53.2 Å². The van der Waals surface area contributed by atoms with E-state index in [1.807, 2.05) is 0 Å². The van der Waals surface area contributed by atoms with Crippen molar-refractivity contribution in [3.05, 3.63) is 0 Å². The second-order valence-electron chi connectivity index (χ2n) is 6.87. The highest BCUT2D eigenvalue weighted by Gasteiger charge is 2.05. The fourth-order valence-corrected chi connectivity index (χ4v) is 2.94. The molecular formula is C19H46N6. The molecule has 0 aliphatic rings. The Morgan fingerprint density at radius 1 is 0.640 bits per heavy atom. The summed E-state index contributed by atoms with van der Waals surface area (Å²) in [5, 5.41) is 7.06. The largest absolute Gasteiger partial charge is 0.329 e. The van der Waals surface area contributed by atoms with Gasteiger partial charge in [0.05, 0.1) is 0 Å². The van der Waals surface area contributed by atoms with Gasteiger partial charge in [0.1, 0.15) is 0 Å². The first-order chi connectivity index (χ1) is 12.2. The van der Waals surface area contributed by atoms with Crippen molar-refractivity contribution < 1.29 is 0 Å². The Hall–Kier alpha value is -0.240. The Kier molecular flexibility index (Phi) is 18.4. The number of nitrogens with two attached hydrogens (primary N) is 1. The topological polar surface area (TPSA) is 59.8 Å². The lowest BCUT2D eigenvalue weighted by Crippen LogP contribution is -2.40. The second-order valence-corrected chi connectivity index (χ2v) is 6.87. The molecule has 0 aliphatic carbocycles. The van der Waals surface area contributed by atoms with Crippen LogP contribution in [0.5, 0.6) is 0 Å². The van der Waals surface area contributed by atoms with Crippen molar-refractivity contribution in [1.29, 1.82) is 0 Å². The van der Waals surface area contributed by atoms with E-state index in [1.165, 1.54) is 19.4 Å². The Labute approximate surface area is 157 Å². The molecule has 0 aromatic heterocycles. The molecule has 0 saturated heterocycles. The molecule has 0 rings (SSSR count). The van der Waals surface area contributed by atoms with E-state index < -0.39 is 0 Å². The van der Waals surface area contributed by atoms with E-state index in [4.69, 9.17) is 5.73 Å². The lowest BCUT2D eigenvalue weighted by atomic mass is 10.3. The van der Waals surface area contributed by atoms with E-state index in [0.29, 0.717) is 0 Å². The molecule has 152 valence electrons. The zero-order valence-electron chi connectivity index (χ0n) is 17.5. The fourth-order valence-electron chi connectivity index (χ4n) is 2.94. The van der Waals surface area contributed by atoms with E-state index >= 15 is 0 Å². The SMILES string of the molecule is CCCN(CC)CCNCCNCCN(C)CCN(CCC)CCN. The number of hydrogen-bond acceptors (Lipinski definition) is 6. The number of rotatable bonds is 19. The van der Waals surface area contributed by atoms with Gasteiger partial charge in [0.15, 0.2) is 0 Å². The molecule has 6 heteroatoms. The predicted molar refractivity (Wildman–Crippen MR) is 111 cm³/mol. The first-order valence-electron chi connectivity index (χ1n) is 10.4. The summed E-state index contributed by atoms with van der Waals surface area (Å²) < 4.78 is 0. The maximum absolute atomic E-state index is 5.68. The van der Waals surface area contributed by atoms with Crippen LogP contribution in [0.4, 0.5) is 0 Å². The highest BCUT2D eigenvalue weighted by atomic mass is 15.2. The van der Waals surface area contributed by atoms with E-state index in [1.54, 1.807) is 0 Å². The lowest BCUT2D eigenvalue weighted by molar-refractivity contribution is 0.229. The van der Waals surface area contributed by atoms with Crippen LogP contribution in [-0.4, -0.2) is 107 Å². The second kappa shape index (κ2) is 18.5. The van der Waals surface area contributed by atoms with Crippen LogP contribution >= 0.6 is 0 Å². The van der Waals surface area contributed by atoms with Gasteiger partial charge in [0.2, 0.25) is 0 Å². The molecule has 0 aromatic carbocycles. The molecule has 6 nitrogen and oxygen atoms in total. The molecule has 25 heavy (non-hydrogen) atoms. The maximum atomic E-state index is 5.68. The summed E-state index contributed by atoms with van der Waals surface area (Å²) in [6, 6.07) is 0. The van der Waals surface area contributed by atoms with Gasteiger partial charge < -0.3 is 31.1 Å². The quantitative estimate of drug-likeness (QED) is 0.292. The average molecular weight is 359 g/mol. The summed E-state index contributed by atoms with van der Waals surface area (Å²) in [5.41, 5.74) is 5.68. The Bertz CT molecular complexity index is 258. The van der Waals surface area contributed by atoms with Crippen LogP contribution in [0.2, 0.25) is 0 Å². The highest BCUT2D eigenvalue weighted by molar-refractivity contribution is 4.63. The molecule has 0 bridgehead atoms. The number of hydrogen-bond donors (Lipinski definition) is 3. The lowest BCUT2D eigenvalue weighted by Gasteiger charge is -2.24. The first-order valence-corrected chi connectivity index (χ1v) is 10.4. The van der Waals surface area contributed by atoms with Gasteiger partial charge >= 0.3 is 0 Å². The van der Waals surface area contributed by atoms with Gasteiger partial charge in [0, 0.05) is 65.4 Å². The smallest absolute Gasteiger partial charge is 0.0110 e. The van der Waals surface area contributed by atoms with Crippen molar-refractivity contribution in [2.24, 2.45) is 5.73 Å². The molecule has 0 spiro atoms. The van der Waals surface area contributed by atoms with Gasteiger partial charge in [-0.3, -0.25) is 0 Å². The van der Waals surface area contributed by atoms with E-state index in [-0.39, 0.29) is 0 Å². The minimum absolute atomic E-state index is 0.757. The van der Waals surface area contributed by atoms with Crippen molar-refractivity contribution in [2.75, 3.05) is 92.1 Å². The van der Waals surface area contributed by atoms with Crippen LogP contribution in [0.25, 0.3) is 0 Å². The molecule has 0 aromatic rings. The predicted octanol–water partition coefficient (Wildman–Crippen LogP) is 0.500. The van der Waals surface area contributed by atoms with Gasteiger partial charge in [0.25, 0.3) is 0 Å². The van der Waals surface area contributed by atoms with Crippen LogP contribution in [0.15, 0.2) is 0 Å². The Morgan fingerprint density at radius 3 is 1.80 bits per heavy atom. The third-order valence-electron chi connectivity index (χ3n) is 4.52. The molecule has 0 radical (unpaired) electrons. The van der Waals surface area contributed by atoms with Crippen molar-refractivity contribution in [1.82, 2.24) is 25.3 Å². The molecule has 0 aliphatic heterocycles. The number of likely N-dealkylation sites (N-methyl/N-ethyl adjacent to an activating group) is 2. The van der Waals surface area contributed by atoms with Gasteiger partial charge in [-0.15, -0.1) is 0 Å². The van der Waals surface area contributed by atoms with Crippen molar-refractivity contribution in [2.45, 2.75) is 33.6 Å². The van der Waals surface area contributed by atoms with E-state index in [9.17, 15) is 0 Å². The third-order valence-corrected chi connectivity index (χ3v) is 4.52. The highest BCUT2D eigenvalue weighted by Crippen LogP contribution is 1.92. The van der Waals surface area contributed by atoms with E-state index in [0.717, 1.165) is 78.5 Å². The van der Waals surface area contributed by atoms with Crippen LogP contribution in [0.1, 0.15) is 33.6 Å². The van der Waals surface area contributed by atoms with Gasteiger partial charge in [-0.1, -0.05) is 20.8 Å². The molecule has 4 N–H and O–H groups in total. The maximum Gasteiger partial charge on any atom is 0.0110 e. The minimum Gasteiger partial charge on any atom is -0.329 e. The third kappa shape index (κ3) is 15.7. The zero-order chi connectivity index (χ0) is 18.8. The van der Waals surface area contributed by atoms with Gasteiger partial charge in [-0.05, 0) is 39.5 Å². The van der Waals surface area contributed by atoms with Crippen molar-refractivity contribution >= 4 is 0 Å². The molecule has 0 saturated carbocycles. The molecule has 0 amide bonds. The van der Waals surface area contributed by atoms with Crippen LogP contribution in [0, 0.1) is 0 Å². The van der Waals surface area contributed by atoms with Gasteiger partial charge in [-0.25, -0.2) is 0 Å². The summed E-state index contributed by atoms with van der Waals surface area (Å²) in [7, 11) is 2.21. The Morgan fingerprint density at radius 2 is 1.24 bits per heavy atom. The molecule has 0 unspecified atom stereocenters. The fraction of sp³-hybridized carbons (Fsp3) is 1.00. The normalized spacial score (nSPS) is 12.0. The molecule has 0 atom stereocenters. The number of nitrogens with zero attached hydrogens (tertiary/aromatic N) is 3. The zero-order valence-corrected chi connectivity index (χ0v) is 17.5. The molecule has 0 fully saturated rings. The summed E-state index contributed by atoms with van der Waals surface area (Å²) in [5.74, 6) is 0. The number of nitrogens with one attached hydrogen (secondary N) is 2. The summed E-state index contributed by atoms with van der Waals surface area (Å²) in [6.07, 6.45) is 2.44. The van der Waals surface area contributed by atoms with Crippen LogP contribution in [-0.2, 0) is 0 Å². The van der Waals surface area contributed by atoms with Crippen molar-refractivity contribution in [3.8, 4) is 0 Å². The average Bonchev–Trinajstić information content (AvgIpc) is 2.61. The summed E-state index contributed by atoms with van der Waals surface area (Å²) in [6.45, 7) is 20.7. The monoisotopic (exact) mass is 358 g/mol. The van der Waals surface area contributed by atoms with Crippen LogP contribution < -0.4 is 16.4 Å². The van der Waals surface area contributed by atoms with Gasteiger partial charge in [-0.2, -0.15) is 0 Å². The summed E-state index contributed by atoms with van der Waals surface area (Å²) in [4.78, 5) is 7.37. The first kappa shape index (κ1) is 24.8. The molecule has 0 heterocycles. The van der Waals surface area contributed by atoms with Crippen LogP contribution in [0.3, 0.4) is 0 Å². The van der Waals surface area contributed by atoms with Crippen molar-refractivity contribution in [3.63, 3.8) is 0 Å².